The van der Waals surface area contributed by atoms with Crippen LogP contribution in [-0.2, 0) is 15.5 Å². The van der Waals surface area contributed by atoms with Crippen molar-refractivity contribution in [3.05, 3.63) is 17.5 Å². The van der Waals surface area contributed by atoms with Crippen LogP contribution in [0.25, 0.3) is 0 Å². The van der Waals surface area contributed by atoms with Crippen molar-refractivity contribution in [3.8, 4) is 0 Å². The fourth-order valence-electron chi connectivity index (χ4n) is 2.69. The van der Waals surface area contributed by atoms with E-state index in [-0.39, 0.29) is 6.09 Å². The fourth-order valence-corrected chi connectivity index (χ4v) is 4.09. The molecule has 0 bridgehead atoms. The second-order valence-corrected chi connectivity index (χ2v) is 8.75. The molecule has 0 aliphatic carbocycles. The zero-order valence-electron chi connectivity index (χ0n) is 15.2. The van der Waals surface area contributed by atoms with E-state index in [1.165, 1.54) is 0 Å². The fraction of sp³-hybridized carbons (Fsp3) is 0.706. The number of aryl methyl sites for hydroxylation is 2. The molecular formula is C17H27N3O3S. The van der Waals surface area contributed by atoms with Crippen molar-refractivity contribution in [2.75, 3.05) is 18.8 Å². The van der Waals surface area contributed by atoms with Gasteiger partial charge in [-0.1, -0.05) is 0 Å². The summed E-state index contributed by atoms with van der Waals surface area (Å²) in [5, 5.41) is 0.419. The highest BCUT2D eigenvalue weighted by Gasteiger charge is 2.28. The monoisotopic (exact) mass is 353 g/mol. The summed E-state index contributed by atoms with van der Waals surface area (Å²) in [6, 6.07) is 1.88. The van der Waals surface area contributed by atoms with Crippen molar-refractivity contribution in [2.24, 2.45) is 5.92 Å². The smallest absolute Gasteiger partial charge is 0.410 e. The third kappa shape index (κ3) is 5.54. The summed E-state index contributed by atoms with van der Waals surface area (Å²) in [6.07, 6.45) is 1.39. The molecule has 0 aromatic carbocycles. The number of hydrogen-bond donors (Lipinski definition) is 0. The van der Waals surface area contributed by atoms with Gasteiger partial charge in [0, 0.05) is 30.2 Å². The average molecular weight is 353 g/mol. The molecule has 134 valence electrons. The lowest BCUT2D eigenvalue weighted by molar-refractivity contribution is 0.0191. The van der Waals surface area contributed by atoms with Gasteiger partial charge in [0.25, 0.3) is 0 Å². The Morgan fingerprint density at radius 1 is 1.25 bits per heavy atom. The van der Waals surface area contributed by atoms with E-state index in [0.29, 0.717) is 29.9 Å². The molecule has 0 spiro atoms. The molecule has 1 saturated heterocycles. The van der Waals surface area contributed by atoms with Crippen LogP contribution in [0.1, 0.15) is 45.0 Å². The highest BCUT2D eigenvalue weighted by atomic mass is 32.2. The van der Waals surface area contributed by atoms with Crippen LogP contribution in [-0.4, -0.2) is 49.6 Å². The number of aromatic nitrogens is 2. The molecule has 1 aliphatic heterocycles. The van der Waals surface area contributed by atoms with E-state index in [0.717, 1.165) is 24.2 Å². The van der Waals surface area contributed by atoms with Crippen LogP contribution < -0.4 is 0 Å². The van der Waals surface area contributed by atoms with E-state index >= 15 is 0 Å². The molecule has 0 radical (unpaired) electrons. The predicted octanol–water partition coefficient (Wildman–Crippen LogP) is 2.85. The lowest BCUT2D eigenvalue weighted by Crippen LogP contribution is -2.42. The molecule has 1 aliphatic rings. The molecule has 6 nitrogen and oxygen atoms in total. The van der Waals surface area contributed by atoms with E-state index in [1.807, 2.05) is 40.7 Å². The van der Waals surface area contributed by atoms with Crippen LogP contribution in [0.3, 0.4) is 0 Å². The molecule has 24 heavy (non-hydrogen) atoms. The van der Waals surface area contributed by atoms with E-state index in [4.69, 9.17) is 4.74 Å². The van der Waals surface area contributed by atoms with Gasteiger partial charge in [0.1, 0.15) is 5.60 Å². The molecular weight excluding hydrogens is 326 g/mol. The molecule has 1 fully saturated rings. The minimum absolute atomic E-state index is 0.264. The minimum atomic E-state index is -1.20. The Morgan fingerprint density at radius 3 is 2.29 bits per heavy atom. The maximum Gasteiger partial charge on any atom is 0.410 e. The van der Waals surface area contributed by atoms with E-state index in [9.17, 15) is 9.00 Å². The first kappa shape index (κ1) is 18.8. The molecule has 1 aromatic heterocycles. The summed E-state index contributed by atoms with van der Waals surface area (Å²) in [4.78, 5) is 22.4. The van der Waals surface area contributed by atoms with Gasteiger partial charge in [0.05, 0.1) is 10.8 Å². The standard InChI is InChI=1S/C17H27N3O3S/c1-12-10-13(2)19-15(18-12)24(22)11-14-6-8-20(9-7-14)16(21)23-17(3,4)5/h10,14H,6-9,11H2,1-5H3/t24-/m1/s1. The minimum Gasteiger partial charge on any atom is -0.444 e. The topological polar surface area (TPSA) is 72.4 Å². The van der Waals surface area contributed by atoms with Crippen LogP contribution in [0.15, 0.2) is 11.2 Å². The van der Waals surface area contributed by atoms with Gasteiger partial charge in [-0.3, -0.25) is 4.21 Å². The van der Waals surface area contributed by atoms with Gasteiger partial charge in [-0.15, -0.1) is 0 Å². The van der Waals surface area contributed by atoms with Crippen LogP contribution >= 0.6 is 0 Å². The van der Waals surface area contributed by atoms with Crippen molar-refractivity contribution in [3.63, 3.8) is 0 Å². The van der Waals surface area contributed by atoms with E-state index < -0.39 is 16.4 Å². The van der Waals surface area contributed by atoms with Gasteiger partial charge in [0.2, 0.25) is 5.16 Å². The Labute approximate surface area is 146 Å². The number of likely N-dealkylation sites (tertiary alicyclic amines) is 1. The van der Waals surface area contributed by atoms with Gasteiger partial charge in [-0.2, -0.15) is 0 Å². The molecule has 1 aromatic rings. The van der Waals surface area contributed by atoms with Crippen LogP contribution in [0, 0.1) is 19.8 Å². The summed E-state index contributed by atoms with van der Waals surface area (Å²) >= 11 is 0. The number of ether oxygens (including phenoxy) is 1. The molecule has 2 heterocycles. The number of hydrogen-bond acceptors (Lipinski definition) is 5. The third-order valence-corrected chi connectivity index (χ3v) is 5.18. The summed E-state index contributed by atoms with van der Waals surface area (Å²) in [5.74, 6) is 0.861. The largest absolute Gasteiger partial charge is 0.444 e. The normalized spacial score (nSPS) is 17.6. The Bertz CT molecular complexity index is 600. The lowest BCUT2D eigenvalue weighted by atomic mass is 9.99. The molecule has 0 N–H and O–H groups in total. The van der Waals surface area contributed by atoms with Crippen LogP contribution in [0.4, 0.5) is 4.79 Å². The second-order valence-electron chi connectivity index (χ2n) is 7.36. The van der Waals surface area contributed by atoms with Crippen LogP contribution in [0.5, 0.6) is 0 Å². The van der Waals surface area contributed by atoms with Gasteiger partial charge in [0.15, 0.2) is 0 Å². The summed E-state index contributed by atoms with van der Waals surface area (Å²) in [5.41, 5.74) is 1.20. The maximum absolute atomic E-state index is 12.5. The molecule has 1 amide bonds. The summed E-state index contributed by atoms with van der Waals surface area (Å²) in [6.45, 7) is 10.7. The number of carbonyl (C=O) groups is 1. The predicted molar refractivity (Wildman–Crippen MR) is 93.3 cm³/mol. The van der Waals surface area contributed by atoms with Gasteiger partial charge >= 0.3 is 6.09 Å². The van der Waals surface area contributed by atoms with E-state index in [1.54, 1.807) is 4.90 Å². The SMILES string of the molecule is Cc1cc(C)nc([S@](=O)CC2CCN(C(=O)OC(C)(C)C)CC2)n1. The first-order valence-corrected chi connectivity index (χ1v) is 9.64. The number of rotatable bonds is 3. The lowest BCUT2D eigenvalue weighted by Gasteiger charge is -2.33. The Hall–Kier alpha value is -1.50. The first-order chi connectivity index (χ1) is 11.1. The summed E-state index contributed by atoms with van der Waals surface area (Å²) < 4.78 is 17.9. The average Bonchev–Trinajstić information content (AvgIpc) is 2.45. The highest BCUT2D eigenvalue weighted by Crippen LogP contribution is 2.21. The number of amides is 1. The number of piperidine rings is 1. The van der Waals surface area contributed by atoms with Gasteiger partial charge in [-0.25, -0.2) is 14.8 Å². The molecule has 0 saturated carbocycles. The Kier molecular flexibility index (Phi) is 5.96. The molecule has 1 atom stereocenters. The maximum atomic E-state index is 12.5. The molecule has 7 heteroatoms. The zero-order chi connectivity index (χ0) is 17.9. The van der Waals surface area contributed by atoms with Gasteiger partial charge in [-0.05, 0) is 59.4 Å². The highest BCUT2D eigenvalue weighted by molar-refractivity contribution is 7.84. The van der Waals surface area contributed by atoms with Crippen molar-refractivity contribution >= 4 is 16.9 Å². The first-order valence-electron chi connectivity index (χ1n) is 8.32. The van der Waals surface area contributed by atoms with Crippen molar-refractivity contribution in [1.82, 2.24) is 14.9 Å². The quantitative estimate of drug-likeness (QED) is 0.781. The van der Waals surface area contributed by atoms with Crippen LogP contribution in [0.2, 0.25) is 0 Å². The number of nitrogens with zero attached hydrogens (tertiary/aromatic N) is 3. The van der Waals surface area contributed by atoms with Crippen molar-refractivity contribution in [1.29, 1.82) is 0 Å². The Morgan fingerprint density at radius 2 is 1.79 bits per heavy atom. The molecule has 0 unspecified atom stereocenters. The number of carbonyl (C=O) groups excluding carboxylic acids is 1. The molecule has 2 rings (SSSR count). The Balaban J connectivity index is 1.86. The third-order valence-electron chi connectivity index (χ3n) is 3.82. The van der Waals surface area contributed by atoms with Gasteiger partial charge < -0.3 is 9.64 Å². The summed E-state index contributed by atoms with van der Waals surface area (Å²) in [7, 11) is -1.20. The van der Waals surface area contributed by atoms with Crippen molar-refractivity contribution in [2.45, 2.75) is 58.2 Å². The zero-order valence-corrected chi connectivity index (χ0v) is 16.0. The second kappa shape index (κ2) is 7.59. The van der Waals surface area contributed by atoms with E-state index in [2.05, 4.69) is 9.97 Å². The van der Waals surface area contributed by atoms with Crippen molar-refractivity contribution < 1.29 is 13.7 Å².